The van der Waals surface area contributed by atoms with Crippen LogP contribution in [-0.4, -0.2) is 49.7 Å². The average molecular weight is 334 g/mol. The van der Waals surface area contributed by atoms with E-state index in [1.165, 1.54) is 18.2 Å². The van der Waals surface area contributed by atoms with Crippen molar-refractivity contribution in [3.05, 3.63) is 41.7 Å². The smallest absolute Gasteiger partial charge is 0.244 e. The molecule has 1 aromatic rings. The van der Waals surface area contributed by atoms with Crippen LogP contribution < -0.4 is 5.32 Å². The van der Waals surface area contributed by atoms with Crippen LogP contribution in [0, 0.1) is 11.7 Å². The van der Waals surface area contributed by atoms with Gasteiger partial charge in [0.25, 0.3) is 0 Å². The van der Waals surface area contributed by atoms with Crippen LogP contribution in [0.1, 0.15) is 25.8 Å². The van der Waals surface area contributed by atoms with E-state index in [-0.39, 0.29) is 11.7 Å². The third kappa shape index (κ3) is 6.06. The molecule has 0 saturated carbocycles. The van der Waals surface area contributed by atoms with Gasteiger partial charge < -0.3 is 10.1 Å². The highest BCUT2D eigenvalue weighted by molar-refractivity contribution is 5.91. The Morgan fingerprint density at radius 2 is 2.04 bits per heavy atom. The molecular weight excluding hydrogens is 307 g/mol. The van der Waals surface area contributed by atoms with Gasteiger partial charge in [-0.2, -0.15) is 0 Å². The lowest BCUT2D eigenvalue weighted by Crippen LogP contribution is -2.49. The molecule has 4 nitrogen and oxygen atoms in total. The molecule has 0 radical (unpaired) electrons. The van der Waals surface area contributed by atoms with E-state index in [1.807, 2.05) is 0 Å². The molecule has 0 aliphatic carbocycles. The van der Waals surface area contributed by atoms with Crippen LogP contribution in [0.25, 0.3) is 6.08 Å². The van der Waals surface area contributed by atoms with E-state index in [0.29, 0.717) is 24.1 Å². The van der Waals surface area contributed by atoms with Crippen molar-refractivity contribution in [2.24, 2.45) is 5.92 Å². The first-order valence-electron chi connectivity index (χ1n) is 8.58. The summed E-state index contributed by atoms with van der Waals surface area (Å²) in [5.41, 5.74) is 0.416. The lowest BCUT2D eigenvalue weighted by Gasteiger charge is -2.35. The largest absolute Gasteiger partial charge is 0.379 e. The number of carbonyl (C=O) groups is 1. The summed E-state index contributed by atoms with van der Waals surface area (Å²) in [6.07, 6.45) is 3.93. The maximum absolute atomic E-state index is 13.5. The van der Waals surface area contributed by atoms with Gasteiger partial charge in [0.15, 0.2) is 0 Å². The Labute approximate surface area is 143 Å². The molecule has 5 heteroatoms. The lowest BCUT2D eigenvalue weighted by atomic mass is 10.0. The summed E-state index contributed by atoms with van der Waals surface area (Å²) in [4.78, 5) is 14.4. The highest BCUT2D eigenvalue weighted by atomic mass is 19.1. The van der Waals surface area contributed by atoms with Gasteiger partial charge in [-0.05, 0) is 24.5 Å². The van der Waals surface area contributed by atoms with Crippen LogP contribution in [0.3, 0.4) is 0 Å². The molecule has 0 bridgehead atoms. The van der Waals surface area contributed by atoms with Gasteiger partial charge in [-0.15, -0.1) is 0 Å². The molecule has 1 unspecified atom stereocenters. The molecule has 1 aromatic carbocycles. The average Bonchev–Trinajstić information content (AvgIpc) is 2.58. The van der Waals surface area contributed by atoms with Gasteiger partial charge in [0.05, 0.1) is 13.2 Å². The van der Waals surface area contributed by atoms with Crippen LogP contribution >= 0.6 is 0 Å². The predicted octanol–water partition coefficient (Wildman–Crippen LogP) is 2.70. The second kappa shape index (κ2) is 9.55. The minimum atomic E-state index is -0.326. The van der Waals surface area contributed by atoms with E-state index in [1.54, 1.807) is 18.2 Å². The maximum atomic E-state index is 13.5. The van der Waals surface area contributed by atoms with E-state index in [9.17, 15) is 9.18 Å². The zero-order chi connectivity index (χ0) is 17.4. The Balaban J connectivity index is 1.88. The SMILES string of the molecule is CC(C)CC(CNC(=O)/C=C/c1ccccc1F)N1CCOCC1. The number of rotatable bonds is 7. The van der Waals surface area contributed by atoms with E-state index in [4.69, 9.17) is 4.74 Å². The van der Waals surface area contributed by atoms with Gasteiger partial charge in [-0.1, -0.05) is 32.0 Å². The number of carbonyl (C=O) groups excluding carboxylic acids is 1. The van der Waals surface area contributed by atoms with Gasteiger partial charge in [-0.3, -0.25) is 9.69 Å². The van der Waals surface area contributed by atoms with Crippen LogP contribution in [0.4, 0.5) is 4.39 Å². The van der Waals surface area contributed by atoms with Crippen LogP contribution in [0.2, 0.25) is 0 Å². The Kier molecular flexibility index (Phi) is 7.40. The number of benzene rings is 1. The number of ether oxygens (including phenoxy) is 1. The molecule has 1 atom stereocenters. The summed E-state index contributed by atoms with van der Waals surface area (Å²) in [6.45, 7) is 8.27. The van der Waals surface area contributed by atoms with Gasteiger partial charge >= 0.3 is 0 Å². The molecule has 1 aliphatic heterocycles. The molecule has 0 aromatic heterocycles. The number of halogens is 1. The number of morpholine rings is 1. The summed E-state index contributed by atoms with van der Waals surface area (Å²) in [5, 5.41) is 2.94. The zero-order valence-electron chi connectivity index (χ0n) is 14.5. The molecule has 1 saturated heterocycles. The highest BCUT2D eigenvalue weighted by Gasteiger charge is 2.22. The molecule has 0 spiro atoms. The highest BCUT2D eigenvalue weighted by Crippen LogP contribution is 2.13. The summed E-state index contributed by atoms with van der Waals surface area (Å²) in [6, 6.07) is 6.71. The monoisotopic (exact) mass is 334 g/mol. The minimum Gasteiger partial charge on any atom is -0.379 e. The quantitative estimate of drug-likeness (QED) is 0.780. The van der Waals surface area contributed by atoms with Crippen molar-refractivity contribution < 1.29 is 13.9 Å². The Morgan fingerprint density at radius 3 is 2.71 bits per heavy atom. The van der Waals surface area contributed by atoms with Crippen molar-refractivity contribution in [2.75, 3.05) is 32.8 Å². The minimum absolute atomic E-state index is 0.194. The van der Waals surface area contributed by atoms with Crippen LogP contribution in [0.15, 0.2) is 30.3 Å². The van der Waals surface area contributed by atoms with E-state index >= 15 is 0 Å². The third-order valence-corrected chi connectivity index (χ3v) is 4.14. The molecule has 2 rings (SSSR count). The maximum Gasteiger partial charge on any atom is 0.244 e. The summed E-state index contributed by atoms with van der Waals surface area (Å²) < 4.78 is 18.9. The lowest BCUT2D eigenvalue weighted by molar-refractivity contribution is -0.116. The molecular formula is C19H27FN2O2. The normalized spacial score (nSPS) is 17.3. The van der Waals surface area contributed by atoms with Crippen molar-refractivity contribution >= 4 is 12.0 Å². The molecule has 132 valence electrons. The molecule has 24 heavy (non-hydrogen) atoms. The Hall–Kier alpha value is -1.72. The first-order valence-corrected chi connectivity index (χ1v) is 8.58. The van der Waals surface area contributed by atoms with Crippen molar-refractivity contribution in [3.63, 3.8) is 0 Å². The fourth-order valence-corrected chi connectivity index (χ4v) is 2.90. The standard InChI is InChI=1S/C19H27FN2O2/c1-15(2)13-17(22-9-11-24-12-10-22)14-21-19(23)8-7-16-5-3-4-6-18(16)20/h3-8,15,17H,9-14H2,1-2H3,(H,21,23)/b8-7+. The molecule has 1 aliphatic rings. The van der Waals surface area contributed by atoms with Crippen molar-refractivity contribution in [3.8, 4) is 0 Å². The van der Waals surface area contributed by atoms with Crippen LogP contribution in [0.5, 0.6) is 0 Å². The summed E-state index contributed by atoms with van der Waals surface area (Å²) in [7, 11) is 0. The van der Waals surface area contributed by atoms with Gasteiger partial charge in [0, 0.05) is 37.3 Å². The number of nitrogens with one attached hydrogen (secondary N) is 1. The second-order valence-corrected chi connectivity index (χ2v) is 6.53. The van der Waals surface area contributed by atoms with Crippen molar-refractivity contribution in [1.29, 1.82) is 0 Å². The van der Waals surface area contributed by atoms with E-state index in [2.05, 4.69) is 24.1 Å². The van der Waals surface area contributed by atoms with Gasteiger partial charge in [0.2, 0.25) is 5.91 Å². The van der Waals surface area contributed by atoms with E-state index < -0.39 is 0 Å². The zero-order valence-corrected chi connectivity index (χ0v) is 14.5. The number of hydrogen-bond donors (Lipinski definition) is 1. The van der Waals surface area contributed by atoms with Crippen molar-refractivity contribution in [2.45, 2.75) is 26.3 Å². The number of nitrogens with zero attached hydrogens (tertiary/aromatic N) is 1. The molecule has 1 amide bonds. The van der Waals surface area contributed by atoms with E-state index in [0.717, 1.165) is 32.7 Å². The second-order valence-electron chi connectivity index (χ2n) is 6.53. The molecule has 1 heterocycles. The van der Waals surface area contributed by atoms with Gasteiger partial charge in [-0.25, -0.2) is 4.39 Å². The Morgan fingerprint density at radius 1 is 1.33 bits per heavy atom. The van der Waals surface area contributed by atoms with Crippen LogP contribution in [-0.2, 0) is 9.53 Å². The first-order chi connectivity index (χ1) is 11.6. The predicted molar refractivity (Wildman–Crippen MR) is 94.1 cm³/mol. The number of hydrogen-bond acceptors (Lipinski definition) is 3. The molecule has 1 fully saturated rings. The summed E-state index contributed by atoms with van der Waals surface area (Å²) >= 11 is 0. The topological polar surface area (TPSA) is 41.6 Å². The fourth-order valence-electron chi connectivity index (χ4n) is 2.90. The van der Waals surface area contributed by atoms with Gasteiger partial charge in [0.1, 0.15) is 5.82 Å². The summed E-state index contributed by atoms with van der Waals surface area (Å²) in [5.74, 6) is 0.0384. The fraction of sp³-hybridized carbons (Fsp3) is 0.526. The first kappa shape index (κ1) is 18.6. The molecule has 1 N–H and O–H groups in total. The number of amides is 1. The Bertz CT molecular complexity index is 554. The third-order valence-electron chi connectivity index (χ3n) is 4.14. The van der Waals surface area contributed by atoms with Crippen molar-refractivity contribution in [1.82, 2.24) is 10.2 Å².